The molecule has 172 valence electrons. The summed E-state index contributed by atoms with van der Waals surface area (Å²) in [6, 6.07) is 8.99. The summed E-state index contributed by atoms with van der Waals surface area (Å²) in [5.41, 5.74) is 2.84. The Bertz CT molecular complexity index is 1520. The van der Waals surface area contributed by atoms with Crippen molar-refractivity contribution in [3.05, 3.63) is 58.4 Å². The summed E-state index contributed by atoms with van der Waals surface area (Å²) in [4.78, 5) is 34.1. The van der Waals surface area contributed by atoms with Gasteiger partial charge in [-0.2, -0.15) is 10.4 Å². The van der Waals surface area contributed by atoms with Gasteiger partial charge in [0.2, 0.25) is 5.91 Å². The van der Waals surface area contributed by atoms with Gasteiger partial charge in [0.25, 0.3) is 5.56 Å². The summed E-state index contributed by atoms with van der Waals surface area (Å²) in [6.45, 7) is 2.65. The van der Waals surface area contributed by atoms with Crippen molar-refractivity contribution in [3.63, 3.8) is 0 Å². The van der Waals surface area contributed by atoms with Crippen LogP contribution in [0.1, 0.15) is 37.2 Å². The van der Waals surface area contributed by atoms with E-state index in [4.69, 9.17) is 9.72 Å². The molecule has 0 unspecified atom stereocenters. The molecule has 0 bridgehead atoms. The summed E-state index contributed by atoms with van der Waals surface area (Å²) in [6.07, 6.45) is 4.78. The lowest BCUT2D eigenvalue weighted by Gasteiger charge is -2.30. The number of amides is 1. The lowest BCUT2D eigenvalue weighted by Crippen LogP contribution is -2.28. The minimum Gasteiger partial charge on any atom is -0.378 e. The fourth-order valence-electron chi connectivity index (χ4n) is 4.51. The van der Waals surface area contributed by atoms with Crippen LogP contribution in [-0.4, -0.2) is 42.9 Å². The van der Waals surface area contributed by atoms with E-state index < -0.39 is 0 Å². The Balaban J connectivity index is 1.60. The molecule has 1 saturated heterocycles. The van der Waals surface area contributed by atoms with Gasteiger partial charge in [0, 0.05) is 31.1 Å². The predicted octanol–water partition coefficient (Wildman–Crippen LogP) is 2.47. The fraction of sp³-hybridized carbons (Fsp3) is 0.333. The van der Waals surface area contributed by atoms with Gasteiger partial charge in [-0.25, -0.2) is 9.67 Å². The van der Waals surface area contributed by atoms with Crippen molar-refractivity contribution in [2.24, 2.45) is 7.05 Å². The third-order valence-electron chi connectivity index (χ3n) is 6.11. The van der Waals surface area contributed by atoms with Crippen molar-refractivity contribution in [2.75, 3.05) is 11.9 Å². The van der Waals surface area contributed by atoms with Gasteiger partial charge in [0.05, 0.1) is 53.3 Å². The van der Waals surface area contributed by atoms with E-state index >= 15 is 0 Å². The fourth-order valence-corrected chi connectivity index (χ4v) is 4.51. The monoisotopic (exact) mass is 457 g/mol. The molecule has 2 atom stereocenters. The largest absolute Gasteiger partial charge is 0.378 e. The molecular formula is C24H23N7O3. The summed E-state index contributed by atoms with van der Waals surface area (Å²) >= 11 is 0. The van der Waals surface area contributed by atoms with Gasteiger partial charge in [0.15, 0.2) is 0 Å². The van der Waals surface area contributed by atoms with Crippen LogP contribution in [0, 0.1) is 11.3 Å². The maximum Gasteiger partial charge on any atom is 0.268 e. The number of fused-ring (bicyclic) bond motifs is 3. The van der Waals surface area contributed by atoms with Gasteiger partial charge in [0.1, 0.15) is 11.3 Å². The molecule has 0 spiro atoms. The van der Waals surface area contributed by atoms with Gasteiger partial charge >= 0.3 is 0 Å². The zero-order valence-corrected chi connectivity index (χ0v) is 18.9. The zero-order valence-electron chi connectivity index (χ0n) is 18.9. The van der Waals surface area contributed by atoms with E-state index in [0.29, 0.717) is 29.2 Å². The van der Waals surface area contributed by atoms with Crippen molar-refractivity contribution in [1.29, 1.82) is 5.26 Å². The molecule has 1 amide bonds. The lowest BCUT2D eigenvalue weighted by atomic mass is 10.0. The van der Waals surface area contributed by atoms with E-state index in [2.05, 4.69) is 26.0 Å². The third-order valence-corrected chi connectivity index (χ3v) is 6.11. The highest BCUT2D eigenvalue weighted by Gasteiger charge is 2.27. The van der Waals surface area contributed by atoms with Crippen LogP contribution in [0.3, 0.4) is 0 Å². The second-order valence-corrected chi connectivity index (χ2v) is 8.52. The Morgan fingerprint density at radius 2 is 2.15 bits per heavy atom. The molecule has 1 aliphatic rings. The number of hydrogen-bond acceptors (Lipinski definition) is 7. The predicted molar refractivity (Wildman–Crippen MR) is 125 cm³/mol. The molecule has 0 radical (unpaired) electrons. The topological polar surface area (TPSA) is 128 Å². The number of pyridine rings is 1. The summed E-state index contributed by atoms with van der Waals surface area (Å²) in [5.74, 6) is 0.293. The second kappa shape index (κ2) is 8.68. The first-order valence-electron chi connectivity index (χ1n) is 11.1. The van der Waals surface area contributed by atoms with Gasteiger partial charge in [-0.1, -0.05) is 0 Å². The summed E-state index contributed by atoms with van der Waals surface area (Å²) in [7, 11) is 1.54. The number of hydrogen-bond donors (Lipinski definition) is 1. The van der Waals surface area contributed by atoms with Gasteiger partial charge in [-0.3, -0.25) is 14.6 Å². The maximum atomic E-state index is 12.9. The number of nitriles is 1. The van der Waals surface area contributed by atoms with Crippen LogP contribution in [0.5, 0.6) is 0 Å². The van der Waals surface area contributed by atoms with Crippen LogP contribution in [0.2, 0.25) is 0 Å². The van der Waals surface area contributed by atoms with Crippen molar-refractivity contribution in [3.8, 4) is 6.07 Å². The number of aromatic nitrogens is 5. The van der Waals surface area contributed by atoms with Crippen molar-refractivity contribution >= 4 is 33.5 Å². The van der Waals surface area contributed by atoms with Gasteiger partial charge in [-0.05, 0) is 38.0 Å². The SMILES string of the molecule is C[C@@H]1C[C@H](n2c(CC(=O)Nc3cnn(C)c(=O)c3)nc3cnc4ccc(C#N)cc4c32)CCO1. The number of aryl methyl sites for hydroxylation is 1. The Kier molecular flexibility index (Phi) is 5.55. The van der Waals surface area contributed by atoms with E-state index in [1.54, 1.807) is 19.3 Å². The molecular weight excluding hydrogens is 434 g/mol. The molecule has 10 nitrogen and oxygen atoms in total. The number of imidazole rings is 1. The average Bonchev–Trinajstić information content (AvgIpc) is 3.19. The summed E-state index contributed by atoms with van der Waals surface area (Å²) in [5, 5.41) is 16.9. The first kappa shape index (κ1) is 21.7. The highest BCUT2D eigenvalue weighted by Crippen LogP contribution is 2.34. The number of nitrogens with zero attached hydrogens (tertiary/aromatic N) is 6. The molecule has 0 saturated carbocycles. The van der Waals surface area contributed by atoms with Crippen LogP contribution in [0.15, 0.2) is 41.5 Å². The molecule has 1 N–H and O–H groups in total. The number of carbonyl (C=O) groups is 1. The second-order valence-electron chi connectivity index (χ2n) is 8.52. The Labute approximate surface area is 194 Å². The number of benzene rings is 1. The number of anilines is 1. The molecule has 4 aromatic rings. The van der Waals surface area contributed by atoms with Crippen LogP contribution < -0.4 is 10.9 Å². The first-order chi connectivity index (χ1) is 16.4. The third kappa shape index (κ3) is 4.02. The molecule has 34 heavy (non-hydrogen) atoms. The zero-order chi connectivity index (χ0) is 23.8. The number of carbonyl (C=O) groups excluding carboxylic acids is 1. The molecule has 5 rings (SSSR count). The van der Waals surface area contributed by atoms with Crippen LogP contribution in [-0.2, 0) is 23.0 Å². The smallest absolute Gasteiger partial charge is 0.268 e. The normalized spacial score (nSPS) is 18.1. The molecule has 1 aromatic carbocycles. The Morgan fingerprint density at radius 3 is 2.91 bits per heavy atom. The van der Waals surface area contributed by atoms with E-state index in [1.807, 2.05) is 19.1 Å². The number of ether oxygens (including phenoxy) is 1. The van der Waals surface area contributed by atoms with Gasteiger partial charge < -0.3 is 14.6 Å². The minimum absolute atomic E-state index is 0.00899. The van der Waals surface area contributed by atoms with Crippen molar-refractivity contribution < 1.29 is 9.53 Å². The van der Waals surface area contributed by atoms with Crippen LogP contribution in [0.25, 0.3) is 21.9 Å². The van der Waals surface area contributed by atoms with Crippen molar-refractivity contribution in [1.82, 2.24) is 24.3 Å². The first-order valence-corrected chi connectivity index (χ1v) is 11.1. The number of nitrogens with one attached hydrogen (secondary N) is 1. The Morgan fingerprint density at radius 1 is 1.29 bits per heavy atom. The highest BCUT2D eigenvalue weighted by atomic mass is 16.5. The molecule has 4 heterocycles. The van der Waals surface area contributed by atoms with Crippen LogP contribution in [0.4, 0.5) is 5.69 Å². The minimum atomic E-state index is -0.313. The number of rotatable bonds is 4. The highest BCUT2D eigenvalue weighted by molar-refractivity contribution is 6.03. The van der Waals surface area contributed by atoms with E-state index in [1.165, 1.54) is 16.9 Å². The molecule has 3 aromatic heterocycles. The molecule has 0 aliphatic carbocycles. The molecule has 1 aliphatic heterocycles. The average molecular weight is 457 g/mol. The van der Waals surface area contributed by atoms with E-state index in [0.717, 1.165) is 29.3 Å². The lowest BCUT2D eigenvalue weighted by molar-refractivity contribution is -0.115. The Hall–Kier alpha value is -4.10. The van der Waals surface area contributed by atoms with E-state index in [9.17, 15) is 14.9 Å². The van der Waals surface area contributed by atoms with Crippen molar-refractivity contribution in [2.45, 2.75) is 38.3 Å². The summed E-state index contributed by atoms with van der Waals surface area (Å²) < 4.78 is 9.06. The maximum absolute atomic E-state index is 12.9. The molecule has 10 heteroatoms. The molecule has 1 fully saturated rings. The quantitative estimate of drug-likeness (QED) is 0.499. The van der Waals surface area contributed by atoms with Crippen LogP contribution >= 0.6 is 0 Å². The standard InChI is InChI=1S/C24H23N7O3/c1-14-7-17(5-6-34-14)31-21(10-22(32)28-16-9-23(33)30(2)27-12-16)29-20-13-26-19-4-3-15(11-25)8-18(19)24(20)31/h3-4,8-9,12-14,17H,5-7,10H2,1-2H3,(H,28,32)/t14-,17-/m1/s1. The van der Waals surface area contributed by atoms with Gasteiger partial charge in [-0.15, -0.1) is 0 Å². The van der Waals surface area contributed by atoms with E-state index in [-0.39, 0.29) is 30.0 Å².